The van der Waals surface area contributed by atoms with Crippen LogP contribution in [0.5, 0.6) is 0 Å². The topological polar surface area (TPSA) is 53.5 Å². The van der Waals surface area contributed by atoms with Gasteiger partial charge in [-0.15, -0.1) is 11.3 Å². The minimum absolute atomic E-state index is 0.641. The molecule has 0 radical (unpaired) electrons. The number of methoxy groups -OCH3 is 1. The standard InChI is InChI=1S/C25H33N5OS/c1-31-17-19-9-14-30(15-10-19)23-22-21(20-7-3-2-4-8-20)18-32-24(22)28-25(27-23)26-11-16-29-12-5-6-13-29/h2-4,7-8,18-19H,5-6,9-17H2,1H3,(H,26,27,28). The molecule has 6 nitrogen and oxygen atoms in total. The molecule has 7 heteroatoms. The zero-order chi connectivity index (χ0) is 21.8. The zero-order valence-corrected chi connectivity index (χ0v) is 19.7. The molecule has 2 aromatic heterocycles. The van der Waals surface area contributed by atoms with E-state index < -0.39 is 0 Å². The van der Waals surface area contributed by atoms with Gasteiger partial charge in [-0.25, -0.2) is 4.98 Å². The summed E-state index contributed by atoms with van der Waals surface area (Å²) in [6, 6.07) is 10.6. The molecule has 1 N–H and O–H groups in total. The van der Waals surface area contributed by atoms with Gasteiger partial charge in [0, 0.05) is 50.8 Å². The average molecular weight is 452 g/mol. The number of nitrogens with one attached hydrogen (secondary N) is 1. The number of aromatic nitrogens is 2. The largest absolute Gasteiger partial charge is 0.384 e. The Balaban J connectivity index is 1.44. The summed E-state index contributed by atoms with van der Waals surface area (Å²) in [7, 11) is 1.80. The van der Waals surface area contributed by atoms with E-state index in [2.05, 4.69) is 50.8 Å². The van der Waals surface area contributed by atoms with Crippen LogP contribution in [0.3, 0.4) is 0 Å². The summed E-state index contributed by atoms with van der Waals surface area (Å²) in [4.78, 5) is 16.0. The van der Waals surface area contributed by atoms with Crippen molar-refractivity contribution in [3.8, 4) is 11.1 Å². The van der Waals surface area contributed by atoms with Crippen LogP contribution in [-0.2, 0) is 4.74 Å². The van der Waals surface area contributed by atoms with Crippen LogP contribution in [-0.4, -0.2) is 67.9 Å². The molecule has 4 heterocycles. The smallest absolute Gasteiger partial charge is 0.226 e. The normalized spacial score (nSPS) is 18.0. The van der Waals surface area contributed by atoms with E-state index in [1.54, 1.807) is 18.4 Å². The molecule has 0 saturated carbocycles. The number of nitrogens with zero attached hydrogens (tertiary/aromatic N) is 4. The van der Waals surface area contributed by atoms with Crippen molar-refractivity contribution in [1.82, 2.24) is 14.9 Å². The molecule has 0 amide bonds. The summed E-state index contributed by atoms with van der Waals surface area (Å²) in [5.74, 6) is 2.48. The Morgan fingerprint density at radius 2 is 1.84 bits per heavy atom. The SMILES string of the molecule is COCC1CCN(c2nc(NCCN3CCCC3)nc3scc(-c4ccccc4)c23)CC1. The molecule has 32 heavy (non-hydrogen) atoms. The number of thiophene rings is 1. The first-order valence-electron chi connectivity index (χ1n) is 11.9. The molecule has 0 aliphatic carbocycles. The predicted octanol–water partition coefficient (Wildman–Crippen LogP) is 4.73. The number of fused-ring (bicyclic) bond motifs is 1. The first-order valence-corrected chi connectivity index (χ1v) is 12.7. The molecule has 0 bridgehead atoms. The second kappa shape index (κ2) is 10.1. The van der Waals surface area contributed by atoms with E-state index in [-0.39, 0.29) is 0 Å². The Labute approximate surface area is 194 Å². The third kappa shape index (κ3) is 4.75. The van der Waals surface area contributed by atoms with Gasteiger partial charge in [-0.1, -0.05) is 30.3 Å². The average Bonchev–Trinajstić information content (AvgIpc) is 3.50. The fourth-order valence-electron chi connectivity index (χ4n) is 4.94. The van der Waals surface area contributed by atoms with E-state index in [0.717, 1.165) is 62.2 Å². The zero-order valence-electron chi connectivity index (χ0n) is 18.9. The lowest BCUT2D eigenvalue weighted by Crippen LogP contribution is -2.36. The van der Waals surface area contributed by atoms with E-state index in [1.807, 2.05) is 0 Å². The Kier molecular flexibility index (Phi) is 6.86. The van der Waals surface area contributed by atoms with Crippen molar-refractivity contribution in [3.63, 3.8) is 0 Å². The van der Waals surface area contributed by atoms with Crippen molar-refractivity contribution in [2.75, 3.05) is 63.2 Å². The number of hydrogen-bond acceptors (Lipinski definition) is 7. The van der Waals surface area contributed by atoms with Crippen LogP contribution in [0, 0.1) is 5.92 Å². The number of anilines is 2. The quantitative estimate of drug-likeness (QED) is 0.534. The van der Waals surface area contributed by atoms with E-state index >= 15 is 0 Å². The Bertz CT molecular complexity index is 1010. The van der Waals surface area contributed by atoms with Gasteiger partial charge in [0.15, 0.2) is 0 Å². The molecule has 170 valence electrons. The lowest BCUT2D eigenvalue weighted by molar-refractivity contribution is 0.139. The van der Waals surface area contributed by atoms with Gasteiger partial charge in [0.1, 0.15) is 10.6 Å². The first kappa shape index (κ1) is 21.6. The molecule has 3 aromatic rings. The van der Waals surface area contributed by atoms with Crippen LogP contribution in [0.1, 0.15) is 25.7 Å². The number of hydrogen-bond donors (Lipinski definition) is 1. The molecule has 2 fully saturated rings. The van der Waals surface area contributed by atoms with Crippen LogP contribution in [0.2, 0.25) is 0 Å². The third-order valence-electron chi connectivity index (χ3n) is 6.73. The van der Waals surface area contributed by atoms with Crippen molar-refractivity contribution in [3.05, 3.63) is 35.7 Å². The van der Waals surface area contributed by atoms with Crippen LogP contribution >= 0.6 is 11.3 Å². The summed E-state index contributed by atoms with van der Waals surface area (Å²) in [5, 5.41) is 6.95. The lowest BCUT2D eigenvalue weighted by Gasteiger charge is -2.33. The Hall–Kier alpha value is -2.22. The number of piperidine rings is 1. The van der Waals surface area contributed by atoms with Gasteiger partial charge in [0.25, 0.3) is 0 Å². The Morgan fingerprint density at radius 1 is 1.06 bits per heavy atom. The summed E-state index contributed by atoms with van der Waals surface area (Å²) < 4.78 is 5.41. The second-order valence-corrected chi connectivity index (χ2v) is 9.79. The number of rotatable bonds is 8. The predicted molar refractivity (Wildman–Crippen MR) is 134 cm³/mol. The lowest BCUT2D eigenvalue weighted by atomic mass is 9.97. The molecular weight excluding hydrogens is 418 g/mol. The summed E-state index contributed by atoms with van der Waals surface area (Å²) in [6.07, 6.45) is 4.93. The molecule has 2 aliphatic rings. The molecule has 2 saturated heterocycles. The van der Waals surface area contributed by atoms with Gasteiger partial charge in [0.05, 0.1) is 5.39 Å². The van der Waals surface area contributed by atoms with E-state index in [4.69, 9.17) is 14.7 Å². The molecule has 1 aromatic carbocycles. The van der Waals surface area contributed by atoms with Crippen LogP contribution in [0.15, 0.2) is 35.7 Å². The molecule has 0 atom stereocenters. The fraction of sp³-hybridized carbons (Fsp3) is 0.520. The van der Waals surface area contributed by atoms with Gasteiger partial charge in [-0.3, -0.25) is 0 Å². The van der Waals surface area contributed by atoms with Crippen molar-refractivity contribution >= 4 is 33.3 Å². The van der Waals surface area contributed by atoms with Gasteiger partial charge in [-0.2, -0.15) is 4.98 Å². The molecule has 0 spiro atoms. The van der Waals surface area contributed by atoms with E-state index in [1.165, 1.54) is 42.4 Å². The maximum absolute atomic E-state index is 5.41. The number of benzene rings is 1. The maximum atomic E-state index is 5.41. The van der Waals surface area contributed by atoms with Gasteiger partial charge in [0.2, 0.25) is 5.95 Å². The van der Waals surface area contributed by atoms with Crippen molar-refractivity contribution in [2.24, 2.45) is 5.92 Å². The summed E-state index contributed by atoms with van der Waals surface area (Å²) in [6.45, 7) is 7.25. The third-order valence-corrected chi connectivity index (χ3v) is 7.60. The van der Waals surface area contributed by atoms with Crippen molar-refractivity contribution < 1.29 is 4.74 Å². The highest BCUT2D eigenvalue weighted by molar-refractivity contribution is 7.17. The fourth-order valence-corrected chi connectivity index (χ4v) is 5.88. The highest BCUT2D eigenvalue weighted by Crippen LogP contribution is 2.40. The van der Waals surface area contributed by atoms with Crippen LogP contribution in [0.25, 0.3) is 21.3 Å². The highest BCUT2D eigenvalue weighted by Gasteiger charge is 2.25. The first-order chi connectivity index (χ1) is 15.8. The second-order valence-electron chi connectivity index (χ2n) is 8.93. The van der Waals surface area contributed by atoms with Crippen molar-refractivity contribution in [2.45, 2.75) is 25.7 Å². The molecule has 2 aliphatic heterocycles. The minimum Gasteiger partial charge on any atom is -0.384 e. The van der Waals surface area contributed by atoms with Gasteiger partial charge >= 0.3 is 0 Å². The van der Waals surface area contributed by atoms with Crippen LogP contribution in [0.4, 0.5) is 11.8 Å². The maximum Gasteiger partial charge on any atom is 0.226 e. The molecular formula is C25H33N5OS. The summed E-state index contributed by atoms with van der Waals surface area (Å²) in [5.41, 5.74) is 2.47. The van der Waals surface area contributed by atoms with E-state index in [9.17, 15) is 0 Å². The van der Waals surface area contributed by atoms with Gasteiger partial charge in [-0.05, 0) is 50.3 Å². The Morgan fingerprint density at radius 3 is 2.59 bits per heavy atom. The molecule has 0 unspecified atom stereocenters. The summed E-state index contributed by atoms with van der Waals surface area (Å²) >= 11 is 1.72. The molecule has 5 rings (SSSR count). The van der Waals surface area contributed by atoms with Crippen LogP contribution < -0.4 is 10.2 Å². The van der Waals surface area contributed by atoms with Crippen molar-refractivity contribution in [1.29, 1.82) is 0 Å². The van der Waals surface area contributed by atoms with Gasteiger partial charge < -0.3 is 19.9 Å². The minimum atomic E-state index is 0.641. The number of likely N-dealkylation sites (tertiary alicyclic amines) is 1. The monoisotopic (exact) mass is 451 g/mol. The number of ether oxygens (including phenoxy) is 1. The van der Waals surface area contributed by atoms with E-state index in [0.29, 0.717) is 5.92 Å². The highest BCUT2D eigenvalue weighted by atomic mass is 32.1.